The third-order valence-electron chi connectivity index (χ3n) is 5.83. The molecule has 0 bridgehead atoms. The van der Waals surface area contributed by atoms with Gasteiger partial charge in [0.2, 0.25) is 0 Å². The number of carbonyl (C=O) groups excluding carboxylic acids is 2. The third kappa shape index (κ3) is 4.64. The van der Waals surface area contributed by atoms with Crippen LogP contribution in [0, 0.1) is 5.92 Å². The van der Waals surface area contributed by atoms with E-state index in [1.165, 1.54) is 13.8 Å². The van der Waals surface area contributed by atoms with Gasteiger partial charge in [0.1, 0.15) is 17.3 Å². The van der Waals surface area contributed by atoms with Crippen molar-refractivity contribution in [2.45, 2.75) is 38.7 Å². The van der Waals surface area contributed by atoms with Crippen molar-refractivity contribution in [2.75, 3.05) is 19.5 Å². The molecule has 3 rings (SSSR count). The Labute approximate surface area is 182 Å². The second-order valence-electron chi connectivity index (χ2n) is 8.18. The first-order valence-corrected chi connectivity index (χ1v) is 10.2. The van der Waals surface area contributed by atoms with Crippen molar-refractivity contribution in [1.29, 1.82) is 0 Å². The van der Waals surface area contributed by atoms with Gasteiger partial charge in [-0.05, 0) is 62.7 Å². The zero-order valence-corrected chi connectivity index (χ0v) is 18.6. The Morgan fingerprint density at radius 2 is 1.68 bits per heavy atom. The molecular weight excluding hydrogens is 394 g/mol. The summed E-state index contributed by atoms with van der Waals surface area (Å²) in [7, 11) is 3.16. The van der Waals surface area contributed by atoms with Gasteiger partial charge in [-0.15, -0.1) is 0 Å². The second-order valence-corrected chi connectivity index (χ2v) is 8.18. The van der Waals surface area contributed by atoms with Crippen LogP contribution in [-0.2, 0) is 9.59 Å². The van der Waals surface area contributed by atoms with Crippen LogP contribution in [0.3, 0.4) is 0 Å². The number of aliphatic hydroxyl groups is 1. The van der Waals surface area contributed by atoms with Gasteiger partial charge in [0, 0.05) is 29.3 Å². The number of methoxy groups -OCH3 is 2. The molecule has 2 aromatic rings. The first-order valence-electron chi connectivity index (χ1n) is 10.2. The highest BCUT2D eigenvalue weighted by Gasteiger charge is 2.49. The van der Waals surface area contributed by atoms with E-state index in [4.69, 9.17) is 9.47 Å². The standard InChI is InChI=1S/C25H29NO5/c1-15(27)22-21(26-18-9-11-19(30-4)12-10-18)14-25(3,29)24(16(2)28)23(22)17-7-6-8-20(13-17)31-5/h6-13,23-24,26,29H,14H2,1-5H3. The minimum absolute atomic E-state index is 0.148. The van der Waals surface area contributed by atoms with Gasteiger partial charge in [-0.1, -0.05) is 12.1 Å². The number of benzene rings is 2. The molecule has 164 valence electrons. The van der Waals surface area contributed by atoms with E-state index in [1.807, 2.05) is 42.5 Å². The van der Waals surface area contributed by atoms with Crippen molar-refractivity contribution < 1.29 is 24.2 Å². The molecule has 0 spiro atoms. The number of nitrogens with one attached hydrogen (secondary N) is 1. The van der Waals surface area contributed by atoms with E-state index in [0.29, 0.717) is 22.8 Å². The SMILES string of the molecule is COc1ccc(NC2=C(C(C)=O)C(c3cccc(OC)c3)C(C(C)=O)C(C)(O)C2)cc1. The second kappa shape index (κ2) is 8.94. The quantitative estimate of drug-likeness (QED) is 0.697. The van der Waals surface area contributed by atoms with Crippen LogP contribution in [0.4, 0.5) is 5.69 Å². The lowest BCUT2D eigenvalue weighted by atomic mass is 9.64. The molecule has 1 aliphatic rings. The predicted octanol–water partition coefficient (Wildman–Crippen LogP) is 4.10. The number of carbonyl (C=O) groups is 2. The first kappa shape index (κ1) is 22.6. The van der Waals surface area contributed by atoms with Crippen molar-refractivity contribution in [3.05, 3.63) is 65.4 Å². The van der Waals surface area contributed by atoms with E-state index in [-0.39, 0.29) is 18.0 Å². The Hall–Kier alpha value is -3.12. The van der Waals surface area contributed by atoms with Crippen molar-refractivity contribution in [3.8, 4) is 11.5 Å². The van der Waals surface area contributed by atoms with E-state index in [1.54, 1.807) is 27.2 Å². The first-order chi connectivity index (χ1) is 14.7. The van der Waals surface area contributed by atoms with E-state index in [9.17, 15) is 14.7 Å². The topological polar surface area (TPSA) is 84.9 Å². The van der Waals surface area contributed by atoms with Crippen LogP contribution < -0.4 is 14.8 Å². The highest BCUT2D eigenvalue weighted by molar-refractivity contribution is 5.98. The molecule has 1 aliphatic carbocycles. The number of allylic oxidation sites excluding steroid dienone is 1. The van der Waals surface area contributed by atoms with Crippen LogP contribution >= 0.6 is 0 Å². The van der Waals surface area contributed by atoms with Gasteiger partial charge in [-0.2, -0.15) is 0 Å². The van der Waals surface area contributed by atoms with Gasteiger partial charge < -0.3 is 19.9 Å². The summed E-state index contributed by atoms with van der Waals surface area (Å²) < 4.78 is 10.6. The maximum atomic E-state index is 12.9. The predicted molar refractivity (Wildman–Crippen MR) is 119 cm³/mol. The molecule has 0 saturated carbocycles. The van der Waals surface area contributed by atoms with Gasteiger partial charge >= 0.3 is 0 Å². The number of ether oxygens (including phenoxy) is 2. The molecule has 3 atom stereocenters. The number of rotatable bonds is 7. The van der Waals surface area contributed by atoms with E-state index in [2.05, 4.69) is 5.32 Å². The van der Waals surface area contributed by atoms with Gasteiger partial charge in [-0.25, -0.2) is 0 Å². The molecule has 0 aromatic heterocycles. The van der Waals surface area contributed by atoms with Crippen molar-refractivity contribution in [1.82, 2.24) is 0 Å². The lowest BCUT2D eigenvalue weighted by Gasteiger charge is -2.43. The Morgan fingerprint density at radius 3 is 2.23 bits per heavy atom. The van der Waals surface area contributed by atoms with Crippen LogP contribution in [0.25, 0.3) is 0 Å². The van der Waals surface area contributed by atoms with Crippen molar-refractivity contribution in [3.63, 3.8) is 0 Å². The molecule has 31 heavy (non-hydrogen) atoms. The monoisotopic (exact) mass is 423 g/mol. The highest BCUT2D eigenvalue weighted by atomic mass is 16.5. The minimum atomic E-state index is -1.34. The fourth-order valence-corrected chi connectivity index (χ4v) is 4.53. The molecule has 0 heterocycles. The van der Waals surface area contributed by atoms with E-state index in [0.717, 1.165) is 11.3 Å². The highest BCUT2D eigenvalue weighted by Crippen LogP contribution is 2.48. The summed E-state index contributed by atoms with van der Waals surface area (Å²) in [5.41, 5.74) is 1.27. The van der Waals surface area contributed by atoms with Gasteiger partial charge in [0.25, 0.3) is 0 Å². The Morgan fingerprint density at radius 1 is 1.03 bits per heavy atom. The van der Waals surface area contributed by atoms with Gasteiger partial charge in [0.15, 0.2) is 5.78 Å². The summed E-state index contributed by atoms with van der Waals surface area (Å²) >= 11 is 0. The molecule has 6 nitrogen and oxygen atoms in total. The zero-order chi connectivity index (χ0) is 22.8. The minimum Gasteiger partial charge on any atom is -0.497 e. The Kier molecular flexibility index (Phi) is 6.51. The number of hydrogen-bond acceptors (Lipinski definition) is 6. The maximum Gasteiger partial charge on any atom is 0.158 e. The van der Waals surface area contributed by atoms with Gasteiger partial charge in [-0.3, -0.25) is 9.59 Å². The molecule has 0 aliphatic heterocycles. The van der Waals surface area contributed by atoms with Crippen LogP contribution in [0.5, 0.6) is 11.5 Å². The molecule has 0 saturated heterocycles. The van der Waals surface area contributed by atoms with Crippen LogP contribution in [0.2, 0.25) is 0 Å². The van der Waals surface area contributed by atoms with Crippen molar-refractivity contribution >= 4 is 17.3 Å². The summed E-state index contributed by atoms with van der Waals surface area (Å²) in [5.74, 6) is -0.342. The third-order valence-corrected chi connectivity index (χ3v) is 5.83. The maximum absolute atomic E-state index is 12.9. The lowest BCUT2D eigenvalue weighted by Crippen LogP contribution is -2.48. The molecule has 0 amide bonds. The summed E-state index contributed by atoms with van der Waals surface area (Å²) in [6, 6.07) is 14.6. The largest absolute Gasteiger partial charge is 0.497 e. The molecule has 2 aromatic carbocycles. The lowest BCUT2D eigenvalue weighted by molar-refractivity contribution is -0.131. The summed E-state index contributed by atoms with van der Waals surface area (Å²) in [4.78, 5) is 25.6. The van der Waals surface area contributed by atoms with Crippen LogP contribution in [0.1, 0.15) is 38.7 Å². The van der Waals surface area contributed by atoms with E-state index >= 15 is 0 Å². The Bertz CT molecular complexity index is 1010. The van der Waals surface area contributed by atoms with Crippen LogP contribution in [-0.4, -0.2) is 36.5 Å². The van der Waals surface area contributed by atoms with E-state index < -0.39 is 17.4 Å². The average molecular weight is 424 g/mol. The fraction of sp³-hybridized carbons (Fsp3) is 0.360. The van der Waals surface area contributed by atoms with Gasteiger partial charge in [0.05, 0.1) is 25.7 Å². The summed E-state index contributed by atoms with van der Waals surface area (Å²) in [6.45, 7) is 4.61. The number of anilines is 1. The number of ketones is 2. The zero-order valence-electron chi connectivity index (χ0n) is 18.6. The summed E-state index contributed by atoms with van der Waals surface area (Å²) in [5, 5.41) is 14.6. The molecule has 3 unspecified atom stereocenters. The smallest absolute Gasteiger partial charge is 0.158 e. The molecule has 0 fully saturated rings. The van der Waals surface area contributed by atoms with Crippen LogP contribution in [0.15, 0.2) is 59.8 Å². The number of hydrogen-bond donors (Lipinski definition) is 2. The molecular formula is C25H29NO5. The average Bonchev–Trinajstić information content (AvgIpc) is 2.72. The molecule has 0 radical (unpaired) electrons. The summed E-state index contributed by atoms with van der Waals surface area (Å²) in [6.07, 6.45) is 0.151. The molecule has 6 heteroatoms. The Balaban J connectivity index is 2.18. The number of Topliss-reactive ketones (excluding diaryl/α,β-unsaturated/α-hetero) is 2. The molecule has 2 N–H and O–H groups in total. The normalized spacial score (nSPS) is 23.3. The van der Waals surface area contributed by atoms with Crippen molar-refractivity contribution in [2.24, 2.45) is 5.92 Å². The fourth-order valence-electron chi connectivity index (χ4n) is 4.53.